The van der Waals surface area contributed by atoms with Crippen molar-refractivity contribution in [2.45, 2.75) is 75.1 Å². The van der Waals surface area contributed by atoms with Crippen molar-refractivity contribution in [1.29, 1.82) is 0 Å². The lowest BCUT2D eigenvalue weighted by atomic mass is 9.46. The van der Waals surface area contributed by atoms with Crippen molar-refractivity contribution in [3.05, 3.63) is 0 Å². The number of aliphatic hydroxyl groups is 1. The third-order valence-corrected chi connectivity index (χ3v) is 7.65. The molecular weight excluding hydrogens is 308 g/mol. The standard InChI is InChI=1S/C18H26N2O4/c19-14(15(21)20-12-2-11(12)3-13(20)16(22)23)17-4-9-1-10(5-17)7-18(24,6-9)8-17/h9-14,24H,1-8,19H2,(H,22,23). The van der Waals surface area contributed by atoms with Gasteiger partial charge in [0.1, 0.15) is 6.04 Å². The first-order valence-corrected chi connectivity index (χ1v) is 9.33. The molecule has 6 atom stereocenters. The topological polar surface area (TPSA) is 104 Å². The second-order valence-corrected chi connectivity index (χ2v) is 9.42. The third-order valence-electron chi connectivity index (χ3n) is 7.65. The average molecular weight is 334 g/mol. The number of carboxylic acids is 1. The average Bonchev–Trinajstić information content (AvgIpc) is 3.13. The van der Waals surface area contributed by atoms with Crippen molar-refractivity contribution in [2.24, 2.45) is 28.9 Å². The monoisotopic (exact) mass is 334 g/mol. The van der Waals surface area contributed by atoms with Crippen LogP contribution in [0.2, 0.25) is 0 Å². The summed E-state index contributed by atoms with van der Waals surface area (Å²) >= 11 is 0. The molecule has 1 saturated heterocycles. The lowest BCUT2D eigenvalue weighted by Gasteiger charge is -2.61. The summed E-state index contributed by atoms with van der Waals surface area (Å²) in [5.74, 6) is 0.197. The number of rotatable bonds is 3. The van der Waals surface area contributed by atoms with Crippen LogP contribution in [0.25, 0.3) is 0 Å². The van der Waals surface area contributed by atoms with Gasteiger partial charge in [-0.3, -0.25) is 4.79 Å². The molecule has 132 valence electrons. The Morgan fingerprint density at radius 2 is 1.75 bits per heavy atom. The SMILES string of the molecule is NC(C(=O)N1C(C(=O)O)CC2CC21)C12CC3CC(CC(O)(C3)C1)C2. The highest BCUT2D eigenvalue weighted by Gasteiger charge is 2.63. The number of aliphatic carboxylic acids is 1. The second kappa shape index (κ2) is 4.52. The zero-order valence-corrected chi connectivity index (χ0v) is 13.9. The summed E-state index contributed by atoms with van der Waals surface area (Å²) in [5, 5.41) is 20.3. The first kappa shape index (κ1) is 15.1. The molecule has 5 saturated carbocycles. The summed E-state index contributed by atoms with van der Waals surface area (Å²) in [6, 6.07) is -1.29. The predicted molar refractivity (Wildman–Crippen MR) is 84.8 cm³/mol. The van der Waals surface area contributed by atoms with Crippen LogP contribution in [0.15, 0.2) is 0 Å². The summed E-state index contributed by atoms with van der Waals surface area (Å²) < 4.78 is 0. The number of carbonyl (C=O) groups excluding carboxylic acids is 1. The van der Waals surface area contributed by atoms with Crippen LogP contribution in [0.1, 0.15) is 51.4 Å². The molecule has 6 nitrogen and oxygen atoms in total. The molecule has 5 aliphatic carbocycles. The van der Waals surface area contributed by atoms with Gasteiger partial charge in [0.2, 0.25) is 5.91 Å². The van der Waals surface area contributed by atoms with E-state index in [-0.39, 0.29) is 17.4 Å². The number of carbonyl (C=O) groups is 2. The summed E-state index contributed by atoms with van der Waals surface area (Å²) in [5.41, 5.74) is 5.52. The highest BCUT2D eigenvalue weighted by atomic mass is 16.4. The van der Waals surface area contributed by atoms with E-state index in [9.17, 15) is 19.8 Å². The molecule has 6 heteroatoms. The molecule has 0 spiro atoms. The minimum atomic E-state index is -0.910. The quantitative estimate of drug-likeness (QED) is 0.705. The molecule has 4 N–H and O–H groups in total. The van der Waals surface area contributed by atoms with Gasteiger partial charge in [0.15, 0.2) is 0 Å². The van der Waals surface area contributed by atoms with E-state index in [4.69, 9.17) is 5.73 Å². The molecule has 0 aromatic heterocycles. The summed E-state index contributed by atoms with van der Waals surface area (Å²) in [4.78, 5) is 26.3. The van der Waals surface area contributed by atoms with E-state index in [2.05, 4.69) is 0 Å². The van der Waals surface area contributed by atoms with Gasteiger partial charge in [0.05, 0.1) is 11.6 Å². The molecule has 6 unspecified atom stereocenters. The van der Waals surface area contributed by atoms with Crippen LogP contribution in [-0.4, -0.2) is 50.7 Å². The maximum absolute atomic E-state index is 13.2. The Bertz CT molecular complexity index is 606. The Morgan fingerprint density at radius 3 is 2.33 bits per heavy atom. The molecular formula is C18H26N2O4. The van der Waals surface area contributed by atoms with Gasteiger partial charge >= 0.3 is 5.97 Å². The summed E-state index contributed by atoms with van der Waals surface area (Å²) in [6.07, 6.45) is 6.77. The first-order valence-electron chi connectivity index (χ1n) is 9.33. The maximum Gasteiger partial charge on any atom is 0.326 e. The minimum Gasteiger partial charge on any atom is -0.480 e. The van der Waals surface area contributed by atoms with E-state index in [1.807, 2.05) is 0 Å². The Kier molecular flexibility index (Phi) is 2.85. The van der Waals surface area contributed by atoms with Gasteiger partial charge in [-0.2, -0.15) is 0 Å². The minimum absolute atomic E-state index is 0.0849. The van der Waals surface area contributed by atoms with Crippen molar-refractivity contribution in [3.8, 4) is 0 Å². The Hall–Kier alpha value is -1.14. The fraction of sp³-hybridized carbons (Fsp3) is 0.889. The van der Waals surface area contributed by atoms with Gasteiger partial charge in [-0.05, 0) is 74.5 Å². The normalized spacial score (nSPS) is 52.2. The van der Waals surface area contributed by atoms with Crippen molar-refractivity contribution in [3.63, 3.8) is 0 Å². The number of nitrogens with zero attached hydrogens (tertiary/aromatic N) is 1. The highest BCUT2D eigenvalue weighted by Crippen LogP contribution is 2.63. The van der Waals surface area contributed by atoms with E-state index in [0.29, 0.717) is 30.6 Å². The van der Waals surface area contributed by atoms with Crippen LogP contribution >= 0.6 is 0 Å². The van der Waals surface area contributed by atoms with Gasteiger partial charge in [0.25, 0.3) is 0 Å². The zero-order valence-electron chi connectivity index (χ0n) is 13.9. The number of amides is 1. The van der Waals surface area contributed by atoms with Crippen molar-refractivity contribution >= 4 is 11.9 Å². The van der Waals surface area contributed by atoms with Crippen molar-refractivity contribution < 1.29 is 19.8 Å². The van der Waals surface area contributed by atoms with E-state index in [0.717, 1.165) is 38.5 Å². The fourth-order valence-corrected chi connectivity index (χ4v) is 7.06. The van der Waals surface area contributed by atoms with Crippen LogP contribution in [0.3, 0.4) is 0 Å². The number of hydrogen-bond acceptors (Lipinski definition) is 4. The molecule has 0 aromatic rings. The number of nitrogens with two attached hydrogens (primary N) is 1. The lowest BCUT2D eigenvalue weighted by Crippen LogP contribution is -2.65. The molecule has 0 aromatic carbocycles. The van der Waals surface area contributed by atoms with Gasteiger partial charge in [0, 0.05) is 6.04 Å². The number of fused-ring (bicyclic) bond motifs is 1. The molecule has 6 rings (SSSR count). The number of carboxylic acid groups (broad SMARTS) is 1. The molecule has 1 aliphatic heterocycles. The number of piperidine rings is 1. The Morgan fingerprint density at radius 1 is 1.08 bits per heavy atom. The van der Waals surface area contributed by atoms with Crippen LogP contribution in [-0.2, 0) is 9.59 Å². The van der Waals surface area contributed by atoms with Gasteiger partial charge < -0.3 is 20.8 Å². The van der Waals surface area contributed by atoms with Crippen molar-refractivity contribution in [2.75, 3.05) is 0 Å². The number of likely N-dealkylation sites (tertiary alicyclic amines) is 1. The first-order chi connectivity index (χ1) is 11.3. The van der Waals surface area contributed by atoms with E-state index in [1.165, 1.54) is 0 Å². The van der Waals surface area contributed by atoms with E-state index >= 15 is 0 Å². The van der Waals surface area contributed by atoms with Gasteiger partial charge in [-0.1, -0.05) is 0 Å². The fourth-order valence-electron chi connectivity index (χ4n) is 7.06. The largest absolute Gasteiger partial charge is 0.480 e. The van der Waals surface area contributed by atoms with E-state index in [1.54, 1.807) is 4.90 Å². The van der Waals surface area contributed by atoms with Crippen molar-refractivity contribution in [1.82, 2.24) is 4.90 Å². The molecule has 24 heavy (non-hydrogen) atoms. The zero-order chi connectivity index (χ0) is 16.9. The van der Waals surface area contributed by atoms with Crippen LogP contribution in [0, 0.1) is 23.2 Å². The summed E-state index contributed by atoms with van der Waals surface area (Å²) in [7, 11) is 0. The third kappa shape index (κ3) is 1.96. The molecule has 1 heterocycles. The molecule has 6 fully saturated rings. The highest BCUT2D eigenvalue weighted by molar-refractivity contribution is 5.89. The predicted octanol–water partition coefficient (Wildman–Crippen LogP) is 0.719. The maximum atomic E-state index is 13.2. The Labute approximate surface area is 141 Å². The Balaban J connectivity index is 1.43. The molecule has 1 amide bonds. The van der Waals surface area contributed by atoms with Crippen LogP contribution in [0.5, 0.6) is 0 Å². The molecule has 6 aliphatic rings. The van der Waals surface area contributed by atoms with E-state index < -0.39 is 23.7 Å². The van der Waals surface area contributed by atoms with Crippen LogP contribution in [0.4, 0.5) is 0 Å². The van der Waals surface area contributed by atoms with Crippen LogP contribution < -0.4 is 5.73 Å². The number of hydrogen-bond donors (Lipinski definition) is 3. The van der Waals surface area contributed by atoms with Gasteiger partial charge in [-0.15, -0.1) is 0 Å². The second-order valence-electron chi connectivity index (χ2n) is 9.42. The molecule has 0 radical (unpaired) electrons. The smallest absolute Gasteiger partial charge is 0.326 e. The lowest BCUT2D eigenvalue weighted by molar-refractivity contribution is -0.179. The molecule has 4 bridgehead atoms. The summed E-state index contributed by atoms with van der Waals surface area (Å²) in [6.45, 7) is 0. The van der Waals surface area contributed by atoms with Gasteiger partial charge in [-0.25, -0.2) is 4.79 Å².